The number of hydrogen-bond donors (Lipinski definition) is 2. The van der Waals surface area contributed by atoms with Crippen LogP contribution in [0.5, 0.6) is 11.5 Å². The first-order valence-corrected chi connectivity index (χ1v) is 6.68. The molecule has 0 spiro atoms. The summed E-state index contributed by atoms with van der Waals surface area (Å²) in [5.41, 5.74) is 2.94. The van der Waals surface area contributed by atoms with Gasteiger partial charge < -0.3 is 14.2 Å². The molecule has 0 aliphatic rings. The van der Waals surface area contributed by atoms with Crippen LogP contribution < -0.4 is 20.7 Å². The Labute approximate surface area is 124 Å². The van der Waals surface area contributed by atoms with Crippen molar-refractivity contribution in [2.24, 2.45) is 5.84 Å². The zero-order chi connectivity index (χ0) is 15.7. The van der Waals surface area contributed by atoms with Crippen molar-refractivity contribution in [1.29, 1.82) is 0 Å². The van der Waals surface area contributed by atoms with Gasteiger partial charge in [0.1, 0.15) is 11.5 Å². The van der Waals surface area contributed by atoms with Crippen molar-refractivity contribution in [2.45, 2.75) is 19.4 Å². The zero-order valence-electron chi connectivity index (χ0n) is 12.4. The third-order valence-electron chi connectivity index (χ3n) is 2.73. The molecule has 0 bridgehead atoms. The van der Waals surface area contributed by atoms with Gasteiger partial charge >= 0.3 is 0 Å². The highest BCUT2D eigenvalue weighted by atomic mass is 16.5. The molecule has 0 fully saturated rings. The molecule has 0 radical (unpaired) electrons. The predicted molar refractivity (Wildman–Crippen MR) is 80.1 cm³/mol. The summed E-state index contributed by atoms with van der Waals surface area (Å²) in [5.74, 6) is 6.01. The first kappa shape index (κ1) is 17.0. The van der Waals surface area contributed by atoms with Crippen molar-refractivity contribution < 1.29 is 19.0 Å². The summed E-state index contributed by atoms with van der Waals surface area (Å²) in [6.07, 6.45) is 1.54. The quantitative estimate of drug-likeness (QED) is 0.309. The van der Waals surface area contributed by atoms with Crippen LogP contribution in [-0.2, 0) is 16.0 Å². The van der Waals surface area contributed by atoms with Crippen molar-refractivity contribution in [2.75, 3.05) is 20.3 Å². The Morgan fingerprint density at radius 2 is 2.29 bits per heavy atom. The molecular formula is C15H22N2O4. The van der Waals surface area contributed by atoms with Crippen molar-refractivity contribution in [1.82, 2.24) is 5.43 Å². The van der Waals surface area contributed by atoms with Crippen LogP contribution in [-0.4, -0.2) is 32.3 Å². The Bertz CT molecular complexity index is 477. The standard InChI is InChI=1S/C15H22N2O4/c1-4-6-11-9-12(20-5-2)7-8-13(11)21-14(10-19-3)15(18)17-16/h4,7-9,14H,1,5-6,10,16H2,2-3H3,(H,17,18). The minimum Gasteiger partial charge on any atom is -0.494 e. The Hall–Kier alpha value is -2.05. The van der Waals surface area contributed by atoms with Gasteiger partial charge in [0.2, 0.25) is 6.10 Å². The molecule has 0 saturated heterocycles. The van der Waals surface area contributed by atoms with Gasteiger partial charge in [-0.15, -0.1) is 6.58 Å². The van der Waals surface area contributed by atoms with Crippen LogP contribution in [0.3, 0.4) is 0 Å². The second-order valence-corrected chi connectivity index (χ2v) is 4.27. The van der Waals surface area contributed by atoms with Crippen molar-refractivity contribution in [3.8, 4) is 11.5 Å². The lowest BCUT2D eigenvalue weighted by Gasteiger charge is -2.19. The van der Waals surface area contributed by atoms with Crippen LogP contribution in [0.1, 0.15) is 12.5 Å². The Morgan fingerprint density at radius 3 is 2.86 bits per heavy atom. The molecule has 0 aliphatic heterocycles. The minimum atomic E-state index is -0.818. The molecule has 1 atom stereocenters. The molecule has 0 saturated carbocycles. The van der Waals surface area contributed by atoms with Crippen LogP contribution in [0.15, 0.2) is 30.9 Å². The molecule has 1 aromatic carbocycles. The maximum Gasteiger partial charge on any atom is 0.277 e. The molecule has 0 heterocycles. The number of ether oxygens (including phenoxy) is 3. The lowest BCUT2D eigenvalue weighted by molar-refractivity contribution is -0.130. The fourth-order valence-electron chi connectivity index (χ4n) is 1.80. The van der Waals surface area contributed by atoms with Gasteiger partial charge in [0, 0.05) is 12.7 Å². The van der Waals surface area contributed by atoms with E-state index >= 15 is 0 Å². The van der Waals surface area contributed by atoms with Crippen molar-refractivity contribution in [3.05, 3.63) is 36.4 Å². The van der Waals surface area contributed by atoms with E-state index < -0.39 is 12.0 Å². The third-order valence-corrected chi connectivity index (χ3v) is 2.73. The zero-order valence-corrected chi connectivity index (χ0v) is 12.4. The predicted octanol–water partition coefficient (Wildman–Crippen LogP) is 1.20. The van der Waals surface area contributed by atoms with E-state index in [0.29, 0.717) is 18.8 Å². The van der Waals surface area contributed by atoms with Gasteiger partial charge in [0.25, 0.3) is 5.91 Å². The molecule has 21 heavy (non-hydrogen) atoms. The normalized spacial score (nSPS) is 11.6. The van der Waals surface area contributed by atoms with Crippen LogP contribution in [0.4, 0.5) is 0 Å². The number of carbonyl (C=O) groups is 1. The lowest BCUT2D eigenvalue weighted by atomic mass is 10.1. The Kier molecular flexibility index (Phi) is 7.28. The lowest BCUT2D eigenvalue weighted by Crippen LogP contribution is -2.44. The maximum atomic E-state index is 11.7. The van der Waals surface area contributed by atoms with E-state index in [0.717, 1.165) is 11.3 Å². The van der Waals surface area contributed by atoms with Gasteiger partial charge in [0.15, 0.2) is 0 Å². The molecule has 0 aliphatic carbocycles. The molecular weight excluding hydrogens is 272 g/mol. The number of rotatable bonds is 9. The maximum absolute atomic E-state index is 11.7. The molecule has 1 amide bonds. The van der Waals surface area contributed by atoms with Gasteiger partial charge in [-0.25, -0.2) is 5.84 Å². The molecule has 6 nitrogen and oxygen atoms in total. The van der Waals surface area contributed by atoms with E-state index in [2.05, 4.69) is 12.0 Å². The first-order valence-electron chi connectivity index (χ1n) is 6.68. The first-order chi connectivity index (χ1) is 10.2. The van der Waals surface area contributed by atoms with Gasteiger partial charge in [-0.1, -0.05) is 6.08 Å². The second kappa shape index (κ2) is 8.99. The SMILES string of the molecule is C=CCc1cc(OCC)ccc1OC(COC)C(=O)NN. The average Bonchev–Trinajstić information content (AvgIpc) is 2.49. The van der Waals surface area contributed by atoms with E-state index in [-0.39, 0.29) is 6.61 Å². The van der Waals surface area contributed by atoms with Crippen molar-refractivity contribution >= 4 is 5.91 Å². The number of methoxy groups -OCH3 is 1. The smallest absolute Gasteiger partial charge is 0.277 e. The summed E-state index contributed by atoms with van der Waals surface area (Å²) >= 11 is 0. The largest absolute Gasteiger partial charge is 0.494 e. The monoisotopic (exact) mass is 294 g/mol. The summed E-state index contributed by atoms with van der Waals surface area (Å²) in [6, 6.07) is 5.41. The van der Waals surface area contributed by atoms with E-state index in [4.69, 9.17) is 20.1 Å². The Morgan fingerprint density at radius 1 is 1.52 bits per heavy atom. The van der Waals surface area contributed by atoms with Gasteiger partial charge in [0.05, 0.1) is 13.2 Å². The van der Waals surface area contributed by atoms with Gasteiger partial charge in [-0.05, 0) is 31.5 Å². The summed E-state index contributed by atoms with van der Waals surface area (Å²) < 4.78 is 16.1. The van der Waals surface area contributed by atoms with E-state index in [1.807, 2.05) is 13.0 Å². The molecule has 1 unspecified atom stereocenters. The van der Waals surface area contributed by atoms with Crippen LogP contribution in [0, 0.1) is 0 Å². The molecule has 6 heteroatoms. The van der Waals surface area contributed by atoms with Crippen LogP contribution in [0.2, 0.25) is 0 Å². The number of carbonyl (C=O) groups excluding carboxylic acids is 1. The fourth-order valence-corrected chi connectivity index (χ4v) is 1.80. The summed E-state index contributed by atoms with van der Waals surface area (Å²) in [4.78, 5) is 11.7. The van der Waals surface area contributed by atoms with E-state index in [9.17, 15) is 4.79 Å². The van der Waals surface area contributed by atoms with E-state index in [1.54, 1.807) is 18.2 Å². The van der Waals surface area contributed by atoms with E-state index in [1.165, 1.54) is 7.11 Å². The van der Waals surface area contributed by atoms with Crippen LogP contribution >= 0.6 is 0 Å². The fraction of sp³-hybridized carbons (Fsp3) is 0.400. The highest BCUT2D eigenvalue weighted by molar-refractivity contribution is 5.80. The van der Waals surface area contributed by atoms with Gasteiger partial charge in [-0.3, -0.25) is 10.2 Å². The number of nitrogens with one attached hydrogen (secondary N) is 1. The topological polar surface area (TPSA) is 82.8 Å². The third kappa shape index (κ3) is 5.09. The Balaban J connectivity index is 2.98. The molecule has 116 valence electrons. The number of benzene rings is 1. The number of hydrogen-bond acceptors (Lipinski definition) is 5. The van der Waals surface area contributed by atoms with Crippen molar-refractivity contribution in [3.63, 3.8) is 0 Å². The highest BCUT2D eigenvalue weighted by Gasteiger charge is 2.20. The average molecular weight is 294 g/mol. The number of hydrazine groups is 1. The van der Waals surface area contributed by atoms with Crippen LogP contribution in [0.25, 0.3) is 0 Å². The molecule has 1 rings (SSSR count). The summed E-state index contributed by atoms with van der Waals surface area (Å²) in [7, 11) is 1.49. The summed E-state index contributed by atoms with van der Waals surface area (Å²) in [5, 5.41) is 0. The highest BCUT2D eigenvalue weighted by Crippen LogP contribution is 2.26. The molecule has 3 N–H and O–H groups in total. The molecule has 0 aromatic heterocycles. The number of amides is 1. The number of nitrogens with two attached hydrogens (primary N) is 1. The second-order valence-electron chi connectivity index (χ2n) is 4.27. The van der Waals surface area contributed by atoms with Gasteiger partial charge in [-0.2, -0.15) is 0 Å². The molecule has 1 aromatic rings. The number of allylic oxidation sites excluding steroid dienone is 1. The minimum absolute atomic E-state index is 0.101. The summed E-state index contributed by atoms with van der Waals surface area (Å²) in [6.45, 7) is 6.31.